The lowest BCUT2D eigenvalue weighted by Crippen LogP contribution is -2.34. The minimum Gasteiger partial charge on any atom is -0.386 e. The Morgan fingerprint density at radius 2 is 2.19 bits per heavy atom. The van der Waals surface area contributed by atoms with Crippen molar-refractivity contribution < 1.29 is 13.9 Å². The molecule has 0 saturated heterocycles. The maximum absolute atomic E-state index is 11.9. The minimum absolute atomic E-state index is 0.140. The number of nitrogens with one attached hydrogen (secondary N) is 1. The van der Waals surface area contributed by atoms with Gasteiger partial charge in [0.15, 0.2) is 0 Å². The Balaban J connectivity index is 2.27. The summed E-state index contributed by atoms with van der Waals surface area (Å²) in [7, 11) is 0. The molecule has 0 spiro atoms. The SMILES string of the molecule is O=c1ccccn1CCNCC(O)C(F)F. The molecular formula is C10H14F2N2O2. The number of aromatic nitrogens is 1. The molecule has 1 aromatic rings. The predicted octanol–water partition coefficient (Wildman–Crippen LogP) is 0.0639. The van der Waals surface area contributed by atoms with E-state index in [1.165, 1.54) is 10.6 Å². The highest BCUT2D eigenvalue weighted by molar-refractivity contribution is 4.93. The van der Waals surface area contributed by atoms with Crippen LogP contribution in [0.1, 0.15) is 0 Å². The Morgan fingerprint density at radius 1 is 1.44 bits per heavy atom. The second-order valence-corrected chi connectivity index (χ2v) is 3.34. The molecule has 0 aliphatic carbocycles. The van der Waals surface area contributed by atoms with Gasteiger partial charge in [0.25, 0.3) is 12.0 Å². The van der Waals surface area contributed by atoms with Crippen LogP contribution in [0, 0.1) is 0 Å². The van der Waals surface area contributed by atoms with Crippen LogP contribution < -0.4 is 10.9 Å². The third kappa shape index (κ3) is 4.08. The zero-order valence-corrected chi connectivity index (χ0v) is 8.64. The first-order valence-corrected chi connectivity index (χ1v) is 4.93. The van der Waals surface area contributed by atoms with E-state index < -0.39 is 12.5 Å². The summed E-state index contributed by atoms with van der Waals surface area (Å²) in [5.74, 6) is 0. The fourth-order valence-electron chi connectivity index (χ4n) is 1.18. The molecule has 0 aliphatic rings. The van der Waals surface area contributed by atoms with Crippen LogP contribution >= 0.6 is 0 Å². The lowest BCUT2D eigenvalue weighted by Gasteiger charge is -2.11. The first-order valence-electron chi connectivity index (χ1n) is 4.93. The number of halogens is 2. The van der Waals surface area contributed by atoms with E-state index in [1.807, 2.05) is 0 Å². The van der Waals surface area contributed by atoms with Crippen LogP contribution in [0.5, 0.6) is 0 Å². The lowest BCUT2D eigenvalue weighted by atomic mass is 10.3. The van der Waals surface area contributed by atoms with Gasteiger partial charge in [0.05, 0.1) is 0 Å². The molecule has 0 aliphatic heterocycles. The molecule has 1 atom stereocenters. The van der Waals surface area contributed by atoms with Crippen LogP contribution in [0.15, 0.2) is 29.2 Å². The predicted molar refractivity (Wildman–Crippen MR) is 55.6 cm³/mol. The Hall–Kier alpha value is -1.27. The number of rotatable bonds is 6. The fraction of sp³-hybridized carbons (Fsp3) is 0.500. The maximum atomic E-state index is 11.9. The number of pyridine rings is 1. The van der Waals surface area contributed by atoms with E-state index in [9.17, 15) is 13.6 Å². The number of hydrogen-bond acceptors (Lipinski definition) is 3. The molecule has 0 fully saturated rings. The topological polar surface area (TPSA) is 54.3 Å². The molecule has 2 N–H and O–H groups in total. The first kappa shape index (κ1) is 12.8. The monoisotopic (exact) mass is 232 g/mol. The van der Waals surface area contributed by atoms with Gasteiger partial charge in [-0.05, 0) is 6.07 Å². The van der Waals surface area contributed by atoms with Gasteiger partial charge in [-0.25, -0.2) is 8.78 Å². The van der Waals surface area contributed by atoms with Crippen molar-refractivity contribution in [3.05, 3.63) is 34.7 Å². The van der Waals surface area contributed by atoms with Crippen LogP contribution in [-0.2, 0) is 6.54 Å². The van der Waals surface area contributed by atoms with Crippen molar-refractivity contribution in [3.63, 3.8) is 0 Å². The molecule has 90 valence electrons. The molecule has 0 bridgehead atoms. The quantitative estimate of drug-likeness (QED) is 0.682. The van der Waals surface area contributed by atoms with E-state index in [4.69, 9.17) is 5.11 Å². The summed E-state index contributed by atoms with van der Waals surface area (Å²) in [6.07, 6.45) is -2.78. The van der Waals surface area contributed by atoms with Crippen LogP contribution in [0.4, 0.5) is 8.78 Å². The number of aliphatic hydroxyl groups is 1. The van der Waals surface area contributed by atoms with Gasteiger partial charge in [-0.1, -0.05) is 6.07 Å². The molecule has 4 nitrogen and oxygen atoms in total. The highest BCUT2D eigenvalue weighted by Crippen LogP contribution is 1.97. The third-order valence-electron chi connectivity index (χ3n) is 2.07. The maximum Gasteiger partial charge on any atom is 0.265 e. The van der Waals surface area contributed by atoms with Crippen molar-refractivity contribution in [2.75, 3.05) is 13.1 Å². The molecule has 1 unspecified atom stereocenters. The Bertz CT molecular complexity index is 368. The number of alkyl halides is 2. The van der Waals surface area contributed by atoms with Crippen molar-refractivity contribution in [2.24, 2.45) is 0 Å². The number of aliphatic hydroxyl groups excluding tert-OH is 1. The van der Waals surface area contributed by atoms with Gasteiger partial charge in [0, 0.05) is 31.9 Å². The van der Waals surface area contributed by atoms with E-state index in [1.54, 1.807) is 18.3 Å². The van der Waals surface area contributed by atoms with E-state index in [0.29, 0.717) is 13.1 Å². The molecule has 1 heterocycles. The van der Waals surface area contributed by atoms with E-state index >= 15 is 0 Å². The van der Waals surface area contributed by atoms with E-state index in [2.05, 4.69) is 5.32 Å². The lowest BCUT2D eigenvalue weighted by molar-refractivity contribution is -0.00323. The van der Waals surface area contributed by atoms with Crippen LogP contribution in [0.2, 0.25) is 0 Å². The van der Waals surface area contributed by atoms with Crippen molar-refractivity contribution in [3.8, 4) is 0 Å². The molecule has 0 radical (unpaired) electrons. The van der Waals surface area contributed by atoms with Crippen molar-refractivity contribution in [2.45, 2.75) is 19.1 Å². The van der Waals surface area contributed by atoms with Gasteiger partial charge in [0.2, 0.25) is 0 Å². The molecule has 0 amide bonds. The second-order valence-electron chi connectivity index (χ2n) is 3.34. The van der Waals surface area contributed by atoms with Crippen LogP contribution in [0.3, 0.4) is 0 Å². The van der Waals surface area contributed by atoms with Gasteiger partial charge in [-0.2, -0.15) is 0 Å². The van der Waals surface area contributed by atoms with E-state index in [0.717, 1.165) is 0 Å². The molecule has 6 heteroatoms. The minimum atomic E-state index is -2.74. The highest BCUT2D eigenvalue weighted by atomic mass is 19.3. The summed E-state index contributed by atoms with van der Waals surface area (Å²) < 4.78 is 25.3. The molecule has 0 aromatic carbocycles. The number of hydrogen-bond donors (Lipinski definition) is 2. The summed E-state index contributed by atoms with van der Waals surface area (Å²) >= 11 is 0. The average molecular weight is 232 g/mol. The summed E-state index contributed by atoms with van der Waals surface area (Å²) in [6.45, 7) is 0.558. The summed E-state index contributed by atoms with van der Waals surface area (Å²) in [6, 6.07) is 4.77. The first-order chi connectivity index (χ1) is 7.61. The van der Waals surface area contributed by atoms with Gasteiger partial charge < -0.3 is 15.0 Å². The largest absolute Gasteiger partial charge is 0.386 e. The third-order valence-corrected chi connectivity index (χ3v) is 2.07. The van der Waals surface area contributed by atoms with Crippen molar-refractivity contribution in [1.29, 1.82) is 0 Å². The molecular weight excluding hydrogens is 218 g/mol. The van der Waals surface area contributed by atoms with E-state index in [-0.39, 0.29) is 12.1 Å². The molecule has 1 aromatic heterocycles. The Kier molecular flexibility index (Phi) is 5.07. The zero-order chi connectivity index (χ0) is 12.0. The smallest absolute Gasteiger partial charge is 0.265 e. The average Bonchev–Trinajstić information content (AvgIpc) is 2.26. The van der Waals surface area contributed by atoms with Crippen molar-refractivity contribution in [1.82, 2.24) is 9.88 Å². The van der Waals surface area contributed by atoms with Gasteiger partial charge >= 0.3 is 0 Å². The normalized spacial score (nSPS) is 13.0. The second kappa shape index (κ2) is 6.34. The van der Waals surface area contributed by atoms with Crippen molar-refractivity contribution >= 4 is 0 Å². The van der Waals surface area contributed by atoms with Crippen LogP contribution in [-0.4, -0.2) is 35.3 Å². The number of nitrogens with zero attached hydrogens (tertiary/aromatic N) is 1. The Morgan fingerprint density at radius 3 is 2.81 bits per heavy atom. The summed E-state index contributed by atoms with van der Waals surface area (Å²) in [5.41, 5.74) is -0.140. The van der Waals surface area contributed by atoms with Gasteiger partial charge in [-0.3, -0.25) is 4.79 Å². The van der Waals surface area contributed by atoms with Crippen LogP contribution in [0.25, 0.3) is 0 Å². The molecule has 1 rings (SSSR count). The summed E-state index contributed by atoms with van der Waals surface area (Å²) in [5, 5.41) is 11.4. The Labute approximate surface area is 91.5 Å². The molecule has 0 saturated carbocycles. The standard InChI is InChI=1S/C10H14F2N2O2/c11-10(12)8(15)7-13-4-6-14-5-2-1-3-9(14)16/h1-3,5,8,10,13,15H,4,6-7H2. The van der Waals surface area contributed by atoms with Gasteiger partial charge in [-0.15, -0.1) is 0 Å². The molecule has 16 heavy (non-hydrogen) atoms. The zero-order valence-electron chi connectivity index (χ0n) is 8.64. The highest BCUT2D eigenvalue weighted by Gasteiger charge is 2.15. The van der Waals surface area contributed by atoms with Gasteiger partial charge in [0.1, 0.15) is 6.10 Å². The summed E-state index contributed by atoms with van der Waals surface area (Å²) in [4.78, 5) is 11.2. The fourth-order valence-corrected chi connectivity index (χ4v) is 1.18.